The predicted molar refractivity (Wildman–Crippen MR) is 84.6 cm³/mol. The molecule has 17 heavy (non-hydrogen) atoms. The minimum atomic E-state index is 0.251. The monoisotopic (exact) mass is 360 g/mol. The number of rotatable bonds is 7. The third kappa shape index (κ3) is 4.10. The minimum Gasteiger partial charge on any atom is -0.0918 e. The molecular weight excluding hydrogens is 340 g/mol. The third-order valence-electron chi connectivity index (χ3n) is 3.40. The number of unbranched alkanes of at least 4 members (excludes halogenated alkanes) is 2. The van der Waals surface area contributed by atoms with E-state index in [1.54, 1.807) is 0 Å². The quantitative estimate of drug-likeness (QED) is 0.437. The van der Waals surface area contributed by atoms with Crippen LogP contribution >= 0.6 is 31.9 Å². The van der Waals surface area contributed by atoms with Crippen molar-refractivity contribution in [2.45, 2.75) is 44.9 Å². The molecular formula is C15H22Br2. The molecule has 0 N–H and O–H groups in total. The lowest BCUT2D eigenvalue weighted by Crippen LogP contribution is -2.30. The van der Waals surface area contributed by atoms with Crippen molar-refractivity contribution in [2.24, 2.45) is 0 Å². The molecule has 96 valence electrons. The second-order valence-electron chi connectivity index (χ2n) is 4.87. The van der Waals surface area contributed by atoms with Crippen molar-refractivity contribution in [1.29, 1.82) is 0 Å². The van der Waals surface area contributed by atoms with Crippen LogP contribution in [0.2, 0.25) is 0 Å². The Morgan fingerprint density at radius 3 is 2.35 bits per heavy atom. The highest BCUT2D eigenvalue weighted by molar-refractivity contribution is 9.09. The van der Waals surface area contributed by atoms with Gasteiger partial charge in [-0.05, 0) is 18.9 Å². The van der Waals surface area contributed by atoms with Crippen LogP contribution in [0.4, 0.5) is 0 Å². The number of hydrogen-bond acceptors (Lipinski definition) is 0. The predicted octanol–water partition coefficient (Wildman–Crippen LogP) is 5.60. The molecule has 0 aliphatic heterocycles. The van der Waals surface area contributed by atoms with Crippen molar-refractivity contribution < 1.29 is 0 Å². The van der Waals surface area contributed by atoms with Gasteiger partial charge in [-0.25, -0.2) is 0 Å². The van der Waals surface area contributed by atoms with Gasteiger partial charge >= 0.3 is 0 Å². The smallest absolute Gasteiger partial charge is 0.0147 e. The van der Waals surface area contributed by atoms with E-state index in [1.165, 1.54) is 36.8 Å². The summed E-state index contributed by atoms with van der Waals surface area (Å²) in [6, 6.07) is 8.93. The first-order valence-corrected chi connectivity index (χ1v) is 8.62. The van der Waals surface area contributed by atoms with Gasteiger partial charge in [0, 0.05) is 16.1 Å². The zero-order valence-corrected chi connectivity index (χ0v) is 14.0. The van der Waals surface area contributed by atoms with E-state index in [0.717, 1.165) is 10.7 Å². The van der Waals surface area contributed by atoms with Gasteiger partial charge in [-0.1, -0.05) is 87.9 Å². The molecule has 0 spiro atoms. The lowest BCUT2D eigenvalue weighted by molar-refractivity contribution is 0.471. The van der Waals surface area contributed by atoms with Gasteiger partial charge in [0.05, 0.1) is 0 Å². The highest BCUT2D eigenvalue weighted by Crippen LogP contribution is 2.34. The summed E-state index contributed by atoms with van der Waals surface area (Å²) < 4.78 is 0. The maximum atomic E-state index is 3.72. The van der Waals surface area contributed by atoms with Crippen LogP contribution in [-0.2, 0) is 5.41 Å². The standard InChI is InChI=1S/C15H22Br2/c1-3-4-5-9-15(11-16,12-17)14-8-6-7-13(2)10-14/h6-8,10H,3-5,9,11-12H2,1-2H3. The summed E-state index contributed by atoms with van der Waals surface area (Å²) in [5.41, 5.74) is 3.06. The molecule has 0 nitrogen and oxygen atoms in total. The fourth-order valence-electron chi connectivity index (χ4n) is 2.16. The fraction of sp³-hybridized carbons (Fsp3) is 0.600. The largest absolute Gasteiger partial charge is 0.0918 e. The van der Waals surface area contributed by atoms with Crippen molar-refractivity contribution in [3.8, 4) is 0 Å². The highest BCUT2D eigenvalue weighted by Gasteiger charge is 2.29. The van der Waals surface area contributed by atoms with Crippen LogP contribution in [0.25, 0.3) is 0 Å². The SMILES string of the molecule is CCCCCC(CBr)(CBr)c1cccc(C)c1. The summed E-state index contributed by atoms with van der Waals surface area (Å²) in [5.74, 6) is 0. The van der Waals surface area contributed by atoms with E-state index < -0.39 is 0 Å². The van der Waals surface area contributed by atoms with E-state index >= 15 is 0 Å². The molecule has 0 saturated carbocycles. The second-order valence-corrected chi connectivity index (χ2v) is 6.00. The Balaban J connectivity index is 2.89. The Morgan fingerprint density at radius 2 is 1.82 bits per heavy atom. The van der Waals surface area contributed by atoms with Gasteiger partial charge in [-0.15, -0.1) is 0 Å². The number of alkyl halides is 2. The summed E-state index contributed by atoms with van der Waals surface area (Å²) >= 11 is 7.43. The van der Waals surface area contributed by atoms with E-state index in [1.807, 2.05) is 0 Å². The average molecular weight is 362 g/mol. The molecule has 0 saturated heterocycles. The van der Waals surface area contributed by atoms with Crippen molar-refractivity contribution in [1.82, 2.24) is 0 Å². The molecule has 0 radical (unpaired) electrons. The molecule has 0 aliphatic carbocycles. The number of hydrogen-bond donors (Lipinski definition) is 0. The topological polar surface area (TPSA) is 0 Å². The number of aryl methyl sites for hydroxylation is 1. The van der Waals surface area contributed by atoms with E-state index in [2.05, 4.69) is 70.0 Å². The van der Waals surface area contributed by atoms with Gasteiger partial charge in [0.2, 0.25) is 0 Å². The second kappa shape index (κ2) is 7.58. The van der Waals surface area contributed by atoms with Gasteiger partial charge in [-0.2, -0.15) is 0 Å². The summed E-state index contributed by atoms with van der Waals surface area (Å²) in [5, 5.41) is 2.05. The molecule has 0 atom stereocenters. The summed E-state index contributed by atoms with van der Waals surface area (Å²) in [6.45, 7) is 4.43. The summed E-state index contributed by atoms with van der Waals surface area (Å²) in [7, 11) is 0. The molecule has 0 aromatic heterocycles. The van der Waals surface area contributed by atoms with E-state index in [-0.39, 0.29) is 5.41 Å². The van der Waals surface area contributed by atoms with Crippen LogP contribution in [0.1, 0.15) is 43.7 Å². The summed E-state index contributed by atoms with van der Waals surface area (Å²) in [6.07, 6.45) is 5.17. The first-order chi connectivity index (χ1) is 8.18. The van der Waals surface area contributed by atoms with Gasteiger partial charge in [-0.3, -0.25) is 0 Å². The first-order valence-electron chi connectivity index (χ1n) is 6.37. The van der Waals surface area contributed by atoms with Crippen LogP contribution in [0, 0.1) is 6.92 Å². The molecule has 2 heteroatoms. The molecule has 0 aliphatic rings. The molecule has 0 bridgehead atoms. The van der Waals surface area contributed by atoms with E-state index in [0.29, 0.717) is 0 Å². The Labute approximate surface area is 122 Å². The Hall–Kier alpha value is 0.180. The van der Waals surface area contributed by atoms with Crippen molar-refractivity contribution >= 4 is 31.9 Å². The van der Waals surface area contributed by atoms with Crippen LogP contribution in [0.3, 0.4) is 0 Å². The molecule has 0 heterocycles. The van der Waals surface area contributed by atoms with Crippen molar-refractivity contribution in [3.63, 3.8) is 0 Å². The number of benzene rings is 1. The lowest BCUT2D eigenvalue weighted by Gasteiger charge is -2.31. The molecule has 1 aromatic rings. The lowest BCUT2D eigenvalue weighted by atomic mass is 9.79. The first kappa shape index (κ1) is 15.2. The van der Waals surface area contributed by atoms with Gasteiger partial charge in [0.25, 0.3) is 0 Å². The van der Waals surface area contributed by atoms with Crippen molar-refractivity contribution in [2.75, 3.05) is 10.7 Å². The zero-order valence-electron chi connectivity index (χ0n) is 10.8. The average Bonchev–Trinajstić information content (AvgIpc) is 2.35. The number of halogens is 2. The minimum absolute atomic E-state index is 0.251. The Kier molecular flexibility index (Phi) is 6.79. The van der Waals surface area contributed by atoms with Gasteiger partial charge < -0.3 is 0 Å². The fourth-order valence-corrected chi connectivity index (χ4v) is 4.29. The molecule has 0 amide bonds. The van der Waals surface area contributed by atoms with Gasteiger partial charge in [0.15, 0.2) is 0 Å². The maximum Gasteiger partial charge on any atom is 0.0147 e. The van der Waals surface area contributed by atoms with Crippen molar-refractivity contribution in [3.05, 3.63) is 35.4 Å². The zero-order chi connectivity index (χ0) is 12.7. The van der Waals surface area contributed by atoms with E-state index in [4.69, 9.17) is 0 Å². The van der Waals surface area contributed by atoms with E-state index in [9.17, 15) is 0 Å². The third-order valence-corrected chi connectivity index (χ3v) is 5.55. The normalized spacial score (nSPS) is 11.8. The molecule has 1 rings (SSSR count). The van der Waals surface area contributed by atoms with Gasteiger partial charge in [0.1, 0.15) is 0 Å². The summed E-state index contributed by atoms with van der Waals surface area (Å²) in [4.78, 5) is 0. The van der Waals surface area contributed by atoms with Crippen LogP contribution < -0.4 is 0 Å². The highest BCUT2D eigenvalue weighted by atomic mass is 79.9. The van der Waals surface area contributed by atoms with Crippen LogP contribution in [0.5, 0.6) is 0 Å². The maximum absolute atomic E-state index is 3.72. The molecule has 1 aromatic carbocycles. The molecule has 0 unspecified atom stereocenters. The molecule has 0 fully saturated rings. The van der Waals surface area contributed by atoms with Crippen LogP contribution in [-0.4, -0.2) is 10.7 Å². The Bertz CT molecular complexity index is 329. The Morgan fingerprint density at radius 1 is 1.12 bits per heavy atom. The van der Waals surface area contributed by atoms with Crippen LogP contribution in [0.15, 0.2) is 24.3 Å².